The van der Waals surface area contributed by atoms with E-state index in [1.807, 2.05) is 80.7 Å². The molecular weight excluding hydrogens is 418 g/mol. The highest BCUT2D eigenvalue weighted by atomic mass is 19.2. The predicted molar refractivity (Wildman–Crippen MR) is 134 cm³/mol. The van der Waals surface area contributed by atoms with E-state index in [0.29, 0.717) is 29.3 Å². The second kappa shape index (κ2) is 10.6. The highest BCUT2D eigenvalue weighted by molar-refractivity contribution is 5.74. The van der Waals surface area contributed by atoms with E-state index in [1.54, 1.807) is 6.07 Å². The zero-order valence-electron chi connectivity index (χ0n) is 19.2. The van der Waals surface area contributed by atoms with Crippen LogP contribution in [0.1, 0.15) is 23.7 Å². The molecule has 0 spiro atoms. The fraction of sp³-hybridized carbons (Fsp3) is 0.143. The maximum Gasteiger partial charge on any atom is 0.159 e. The summed E-state index contributed by atoms with van der Waals surface area (Å²) >= 11 is 0. The van der Waals surface area contributed by atoms with Crippen molar-refractivity contribution in [1.29, 1.82) is 0 Å². The summed E-state index contributed by atoms with van der Waals surface area (Å²) in [5.41, 5.74) is 5.08. The van der Waals surface area contributed by atoms with Crippen LogP contribution in [0, 0.1) is 18.6 Å². The summed E-state index contributed by atoms with van der Waals surface area (Å²) in [6.07, 6.45) is 3.81. The van der Waals surface area contributed by atoms with Gasteiger partial charge in [-0.2, -0.15) is 0 Å². The van der Waals surface area contributed by atoms with E-state index in [0.717, 1.165) is 28.3 Å². The Morgan fingerprint density at radius 2 is 1.82 bits per heavy atom. The Kier molecular flexibility index (Phi) is 7.67. The number of ether oxygens (including phenoxy) is 1. The van der Waals surface area contributed by atoms with Crippen molar-refractivity contribution in [3.63, 3.8) is 0 Å². The number of nitrogens with one attached hydrogen (secondary N) is 1. The summed E-state index contributed by atoms with van der Waals surface area (Å²) < 4.78 is 32.8. The van der Waals surface area contributed by atoms with Crippen LogP contribution in [-0.2, 0) is 6.54 Å². The van der Waals surface area contributed by atoms with E-state index < -0.39 is 11.6 Å². The molecule has 0 atom stereocenters. The average molecular weight is 449 g/mol. The van der Waals surface area contributed by atoms with Gasteiger partial charge >= 0.3 is 0 Å². The molecule has 0 saturated heterocycles. The van der Waals surface area contributed by atoms with Crippen molar-refractivity contribution in [3.05, 3.63) is 120 Å². The zero-order chi connectivity index (χ0) is 24.0. The van der Waals surface area contributed by atoms with E-state index in [1.165, 1.54) is 6.07 Å². The maximum absolute atomic E-state index is 13.5. The van der Waals surface area contributed by atoms with Crippen LogP contribution >= 0.6 is 0 Å². The molecule has 0 aliphatic rings. The molecule has 0 heterocycles. The van der Waals surface area contributed by atoms with E-state index in [9.17, 15) is 8.78 Å². The van der Waals surface area contributed by atoms with Gasteiger partial charge in [0.05, 0.1) is 0 Å². The van der Waals surface area contributed by atoms with Gasteiger partial charge in [0.2, 0.25) is 0 Å². The lowest BCUT2D eigenvalue weighted by atomic mass is 10.0. The summed E-state index contributed by atoms with van der Waals surface area (Å²) in [6, 6.07) is 17.4. The standard InChI is InChI=1S/C28H28F2N2O.H2/c1-6-22(18-32(4)5)23-9-7-10-24(16-23)33-28-12-8-11-25(19(28)2)20(3)31-17-21-13-14-26(29)27(30)15-21;/h6-16,18,31H,1,3,17H2,2,4-5H3;1H/b22-18+;. The summed E-state index contributed by atoms with van der Waals surface area (Å²) in [4.78, 5) is 1.97. The largest absolute Gasteiger partial charge is 0.457 e. The van der Waals surface area contributed by atoms with E-state index in [2.05, 4.69) is 18.5 Å². The van der Waals surface area contributed by atoms with Crippen molar-refractivity contribution >= 4 is 11.3 Å². The molecule has 3 nitrogen and oxygen atoms in total. The van der Waals surface area contributed by atoms with Crippen LogP contribution in [0.3, 0.4) is 0 Å². The first-order valence-electron chi connectivity index (χ1n) is 10.5. The molecule has 0 radical (unpaired) electrons. The topological polar surface area (TPSA) is 24.5 Å². The number of allylic oxidation sites excluding steroid dienone is 2. The second-order valence-corrected chi connectivity index (χ2v) is 7.89. The average Bonchev–Trinajstić information content (AvgIpc) is 2.79. The Labute approximate surface area is 195 Å². The van der Waals surface area contributed by atoms with Gasteiger partial charge in [0.15, 0.2) is 11.6 Å². The Bertz CT molecular complexity index is 1200. The minimum absolute atomic E-state index is 0. The first-order valence-corrected chi connectivity index (χ1v) is 10.5. The van der Waals surface area contributed by atoms with Crippen LogP contribution in [0.15, 0.2) is 86.1 Å². The number of nitrogens with zero attached hydrogens (tertiary/aromatic N) is 1. The first-order chi connectivity index (χ1) is 15.8. The molecule has 3 rings (SSSR count). The Morgan fingerprint density at radius 1 is 1.06 bits per heavy atom. The molecule has 0 unspecified atom stereocenters. The number of hydrogen-bond acceptors (Lipinski definition) is 3. The molecule has 172 valence electrons. The third-order valence-electron chi connectivity index (χ3n) is 5.11. The van der Waals surface area contributed by atoms with Gasteiger partial charge in [-0.15, -0.1) is 0 Å². The highest BCUT2D eigenvalue weighted by Gasteiger charge is 2.10. The van der Waals surface area contributed by atoms with Gasteiger partial charge in [0, 0.05) is 45.1 Å². The summed E-state index contributed by atoms with van der Waals surface area (Å²) in [7, 11) is 3.93. The molecule has 3 aromatic rings. The third-order valence-corrected chi connectivity index (χ3v) is 5.11. The van der Waals surface area contributed by atoms with Crippen molar-refractivity contribution in [2.75, 3.05) is 14.1 Å². The van der Waals surface area contributed by atoms with E-state index in [-0.39, 0.29) is 1.43 Å². The predicted octanol–water partition coefficient (Wildman–Crippen LogP) is 7.16. The van der Waals surface area contributed by atoms with Crippen molar-refractivity contribution < 1.29 is 14.9 Å². The van der Waals surface area contributed by atoms with Crippen molar-refractivity contribution in [2.45, 2.75) is 13.5 Å². The number of hydrogen-bond donors (Lipinski definition) is 1. The van der Waals surface area contributed by atoms with Gasteiger partial charge < -0.3 is 15.0 Å². The second-order valence-electron chi connectivity index (χ2n) is 7.89. The normalized spacial score (nSPS) is 11.1. The van der Waals surface area contributed by atoms with E-state index in [4.69, 9.17) is 4.74 Å². The van der Waals surface area contributed by atoms with E-state index >= 15 is 0 Å². The van der Waals surface area contributed by atoms with Gasteiger partial charge in [-0.1, -0.05) is 49.6 Å². The molecule has 0 saturated carbocycles. The SMILES string of the molecule is C=C/C(=C\N(C)C)c1cccc(Oc2cccc(C(=C)NCc3ccc(F)c(F)c3)c2C)c1.[HH]. The minimum Gasteiger partial charge on any atom is -0.457 e. The van der Waals surface area contributed by atoms with Crippen LogP contribution in [-0.4, -0.2) is 19.0 Å². The van der Waals surface area contributed by atoms with Gasteiger partial charge in [-0.3, -0.25) is 0 Å². The fourth-order valence-corrected chi connectivity index (χ4v) is 3.39. The zero-order valence-corrected chi connectivity index (χ0v) is 19.2. The molecular formula is C28H30F2N2O. The van der Waals surface area contributed by atoms with Gasteiger partial charge in [-0.05, 0) is 54.0 Å². The molecule has 5 heteroatoms. The number of halogens is 2. The van der Waals surface area contributed by atoms with Gasteiger partial charge in [-0.25, -0.2) is 8.78 Å². The lowest BCUT2D eigenvalue weighted by Gasteiger charge is -2.16. The van der Waals surface area contributed by atoms with Crippen molar-refractivity contribution in [2.24, 2.45) is 0 Å². The van der Waals surface area contributed by atoms with Gasteiger partial charge in [0.1, 0.15) is 11.5 Å². The highest BCUT2D eigenvalue weighted by Crippen LogP contribution is 2.31. The molecule has 0 aliphatic heterocycles. The monoisotopic (exact) mass is 448 g/mol. The summed E-state index contributed by atoms with van der Waals surface area (Å²) in [6.45, 7) is 10.3. The fourth-order valence-electron chi connectivity index (χ4n) is 3.39. The summed E-state index contributed by atoms with van der Waals surface area (Å²) in [5, 5.41) is 3.18. The summed E-state index contributed by atoms with van der Waals surface area (Å²) in [5.74, 6) is -0.315. The lowest BCUT2D eigenvalue weighted by molar-refractivity contribution is 0.478. The Morgan fingerprint density at radius 3 is 2.52 bits per heavy atom. The number of benzene rings is 3. The van der Waals surface area contributed by atoms with Crippen molar-refractivity contribution in [3.8, 4) is 11.5 Å². The molecule has 0 fully saturated rings. The van der Waals surface area contributed by atoms with Crippen LogP contribution in [0.25, 0.3) is 11.3 Å². The van der Waals surface area contributed by atoms with Gasteiger partial charge in [0.25, 0.3) is 0 Å². The maximum atomic E-state index is 13.5. The quantitative estimate of drug-likeness (QED) is 0.352. The molecule has 0 amide bonds. The van der Waals surface area contributed by atoms with Crippen LogP contribution in [0.5, 0.6) is 11.5 Å². The smallest absolute Gasteiger partial charge is 0.159 e. The molecule has 33 heavy (non-hydrogen) atoms. The minimum atomic E-state index is -0.867. The first kappa shape index (κ1) is 23.8. The Hall–Kier alpha value is -3.86. The molecule has 3 aromatic carbocycles. The van der Waals surface area contributed by atoms with Crippen LogP contribution in [0.4, 0.5) is 8.78 Å². The molecule has 0 bridgehead atoms. The van der Waals surface area contributed by atoms with Crippen molar-refractivity contribution in [1.82, 2.24) is 10.2 Å². The van der Waals surface area contributed by atoms with Crippen LogP contribution < -0.4 is 10.1 Å². The lowest BCUT2D eigenvalue weighted by Crippen LogP contribution is -2.12. The molecule has 0 aromatic heterocycles. The molecule has 0 aliphatic carbocycles. The Balaban J connectivity index is 0.00000408. The molecule has 1 N–H and O–H groups in total. The third kappa shape index (κ3) is 6.10. The van der Waals surface area contributed by atoms with Crippen LogP contribution in [0.2, 0.25) is 0 Å². The number of rotatable bonds is 9.